The number of carbonyl (C=O) groups is 1. The summed E-state index contributed by atoms with van der Waals surface area (Å²) in [5.41, 5.74) is -0.229. The normalized spacial score (nSPS) is 12.6. The van der Waals surface area contributed by atoms with Crippen molar-refractivity contribution in [2.24, 2.45) is 30.7 Å². The van der Waals surface area contributed by atoms with Gasteiger partial charge in [0.2, 0.25) is 0 Å². The molecule has 252 valence electrons. The van der Waals surface area contributed by atoms with Gasteiger partial charge in [0, 0.05) is 16.2 Å². The molecule has 5 rings (SSSR count). The molecular formula is C33H24N6O9S2. The van der Waals surface area contributed by atoms with Gasteiger partial charge in [-0.25, -0.2) is 17.4 Å². The molecule has 5 aromatic rings. The highest BCUT2D eigenvalue weighted by Crippen LogP contribution is 2.47. The van der Waals surface area contributed by atoms with Crippen molar-refractivity contribution in [3.05, 3.63) is 115 Å². The number of carboxylic acid groups (broad SMARTS) is 1. The maximum atomic E-state index is 12.0. The third-order valence-electron chi connectivity index (χ3n) is 6.99. The number of phenols is 3. The molecule has 0 aliphatic rings. The fourth-order valence-electron chi connectivity index (χ4n) is 4.41. The predicted molar refractivity (Wildman–Crippen MR) is 185 cm³/mol. The maximum absolute atomic E-state index is 12.0. The van der Waals surface area contributed by atoms with Crippen LogP contribution in [-0.4, -0.2) is 43.6 Å². The fourth-order valence-corrected chi connectivity index (χ4v) is 5.46. The average molecular weight is 713 g/mol. The minimum atomic E-state index is -3.62. The standard InChI is InChI=1S/C33H24N6O9S2/c1-3-50(47,48)23-11-8-21(9-12-23)34-36-28-15-14-27(24-13-10-22(40)16-25(24)28)37-39-31-29(41)17-26(33(43)44)30(32(31)42)38-35-20-6-4-19(5-7-20)18(2)49(45)46/h3-17,40-42H,1-2H2,(H,43,44)(H,45,46). The molecule has 0 aromatic heterocycles. The number of fused-ring (bicyclic) bond motifs is 1. The van der Waals surface area contributed by atoms with E-state index >= 15 is 0 Å². The van der Waals surface area contributed by atoms with E-state index in [-0.39, 0.29) is 26.9 Å². The van der Waals surface area contributed by atoms with Crippen molar-refractivity contribution in [2.45, 2.75) is 4.90 Å². The van der Waals surface area contributed by atoms with E-state index < -0.39 is 55.3 Å². The Bertz CT molecular complexity index is 2410. The number of hydrogen-bond acceptors (Lipinski definition) is 13. The predicted octanol–water partition coefficient (Wildman–Crippen LogP) is 9.01. The Morgan fingerprint density at radius 1 is 0.720 bits per heavy atom. The number of nitrogens with zero attached hydrogens (tertiary/aromatic N) is 6. The summed E-state index contributed by atoms with van der Waals surface area (Å²) in [6.45, 7) is 6.82. The van der Waals surface area contributed by atoms with Crippen LogP contribution in [0.4, 0.5) is 34.1 Å². The molecule has 0 aliphatic heterocycles. The number of carboxylic acids is 1. The molecular weight excluding hydrogens is 689 g/mol. The molecule has 17 heteroatoms. The molecule has 1 unspecified atom stereocenters. The second-order valence-electron chi connectivity index (χ2n) is 10.2. The van der Waals surface area contributed by atoms with Crippen LogP contribution in [0.5, 0.6) is 17.2 Å². The number of rotatable bonds is 11. The van der Waals surface area contributed by atoms with Gasteiger partial charge in [-0.3, -0.25) is 0 Å². The van der Waals surface area contributed by atoms with Gasteiger partial charge in [-0.1, -0.05) is 25.3 Å². The van der Waals surface area contributed by atoms with Crippen LogP contribution < -0.4 is 0 Å². The molecule has 0 saturated heterocycles. The summed E-state index contributed by atoms with van der Waals surface area (Å²) in [5, 5.41) is 67.4. The third-order valence-corrected chi connectivity index (χ3v) is 9.02. The topological polar surface area (TPSA) is 244 Å². The van der Waals surface area contributed by atoms with Crippen molar-refractivity contribution in [3.63, 3.8) is 0 Å². The highest BCUT2D eigenvalue weighted by molar-refractivity contribution is 7.94. The number of sulfone groups is 1. The van der Waals surface area contributed by atoms with Gasteiger partial charge in [-0.2, -0.15) is 10.2 Å². The van der Waals surface area contributed by atoms with E-state index in [0.717, 1.165) is 11.5 Å². The van der Waals surface area contributed by atoms with E-state index in [9.17, 15) is 42.4 Å². The number of benzene rings is 5. The molecule has 50 heavy (non-hydrogen) atoms. The van der Waals surface area contributed by atoms with E-state index in [1.807, 2.05) is 0 Å². The Labute approximate surface area is 285 Å². The van der Waals surface area contributed by atoms with Crippen molar-refractivity contribution in [3.8, 4) is 17.2 Å². The van der Waals surface area contributed by atoms with Gasteiger partial charge in [0.05, 0.1) is 38.1 Å². The smallest absolute Gasteiger partial charge is 0.338 e. The number of aromatic hydroxyl groups is 3. The minimum Gasteiger partial charge on any atom is -0.508 e. The lowest BCUT2D eigenvalue weighted by molar-refractivity contribution is 0.0697. The molecule has 1 atom stereocenters. The van der Waals surface area contributed by atoms with Crippen LogP contribution >= 0.6 is 0 Å². The largest absolute Gasteiger partial charge is 0.508 e. The van der Waals surface area contributed by atoms with Crippen molar-refractivity contribution >= 4 is 76.7 Å². The van der Waals surface area contributed by atoms with Crippen molar-refractivity contribution in [2.75, 3.05) is 0 Å². The maximum Gasteiger partial charge on any atom is 0.338 e. The molecule has 0 spiro atoms. The SMILES string of the molecule is C=CS(=O)(=O)c1ccc(N=Nc2ccc(N=Nc3c(O)cc(C(=O)O)c(N=Nc4ccc(C(=C)S(=O)O)cc4)c3O)c3ccc(O)cc23)cc1. The molecule has 5 aromatic carbocycles. The zero-order chi connectivity index (χ0) is 36.2. The lowest BCUT2D eigenvalue weighted by Gasteiger charge is -2.09. The quantitative estimate of drug-likeness (QED) is 0.0646. The van der Waals surface area contributed by atoms with E-state index in [1.165, 1.54) is 78.9 Å². The Balaban J connectivity index is 1.49. The van der Waals surface area contributed by atoms with Crippen LogP contribution in [0.1, 0.15) is 15.9 Å². The van der Waals surface area contributed by atoms with Crippen LogP contribution in [0.25, 0.3) is 15.7 Å². The van der Waals surface area contributed by atoms with E-state index in [1.54, 1.807) is 0 Å². The lowest BCUT2D eigenvalue weighted by atomic mass is 10.1. The second-order valence-corrected chi connectivity index (χ2v) is 13.0. The molecule has 0 heterocycles. The molecule has 0 radical (unpaired) electrons. The number of azo groups is 3. The van der Waals surface area contributed by atoms with E-state index in [0.29, 0.717) is 27.7 Å². The summed E-state index contributed by atoms with van der Waals surface area (Å²) in [7, 11) is -3.62. The zero-order valence-corrected chi connectivity index (χ0v) is 27.1. The molecule has 15 nitrogen and oxygen atoms in total. The first-order valence-corrected chi connectivity index (χ1v) is 16.7. The number of aromatic carboxylic acids is 1. The Morgan fingerprint density at radius 2 is 1.28 bits per heavy atom. The average Bonchev–Trinajstić information content (AvgIpc) is 3.10. The molecule has 0 fully saturated rings. The summed E-state index contributed by atoms with van der Waals surface area (Å²) in [4.78, 5) is 11.9. The monoisotopic (exact) mass is 712 g/mol. The number of hydrogen-bond donors (Lipinski definition) is 5. The molecule has 0 saturated carbocycles. The first kappa shape index (κ1) is 34.9. The van der Waals surface area contributed by atoms with Crippen LogP contribution in [0.2, 0.25) is 0 Å². The van der Waals surface area contributed by atoms with Gasteiger partial charge in [-0.15, -0.1) is 20.5 Å². The molecule has 0 aliphatic carbocycles. The number of phenolic OH excluding ortho intramolecular Hbond substituents is 3. The third kappa shape index (κ3) is 7.49. The summed E-state index contributed by atoms with van der Waals surface area (Å²) in [6.07, 6.45) is 0. The zero-order valence-electron chi connectivity index (χ0n) is 25.4. The minimum absolute atomic E-state index is 0.0389. The Hall–Kier alpha value is -6.43. The van der Waals surface area contributed by atoms with Crippen LogP contribution in [0.15, 0.2) is 139 Å². The van der Waals surface area contributed by atoms with Gasteiger partial charge in [0.1, 0.15) is 17.2 Å². The fraction of sp³-hybridized carbons (Fsp3) is 0. The molecule has 5 N–H and O–H groups in total. The van der Waals surface area contributed by atoms with E-state index in [2.05, 4.69) is 43.8 Å². The summed E-state index contributed by atoms with van der Waals surface area (Å²) in [6, 6.07) is 19.6. The van der Waals surface area contributed by atoms with E-state index in [4.69, 9.17) is 0 Å². The van der Waals surface area contributed by atoms with Crippen molar-refractivity contribution < 1.29 is 42.4 Å². The first-order chi connectivity index (χ1) is 23.8. The molecule has 0 bridgehead atoms. The second kappa shape index (κ2) is 14.4. The van der Waals surface area contributed by atoms with Gasteiger partial charge in [-0.05, 0) is 78.4 Å². The highest BCUT2D eigenvalue weighted by Gasteiger charge is 2.22. The summed E-state index contributed by atoms with van der Waals surface area (Å²) < 4.78 is 44.4. The highest BCUT2D eigenvalue weighted by atomic mass is 32.2. The summed E-state index contributed by atoms with van der Waals surface area (Å²) in [5.74, 6) is -3.19. The van der Waals surface area contributed by atoms with Gasteiger partial charge in [0.25, 0.3) is 0 Å². The van der Waals surface area contributed by atoms with Gasteiger partial charge < -0.3 is 25.0 Å². The van der Waals surface area contributed by atoms with Crippen molar-refractivity contribution in [1.29, 1.82) is 0 Å². The van der Waals surface area contributed by atoms with Crippen LogP contribution in [0, 0.1) is 0 Å². The summed E-state index contributed by atoms with van der Waals surface area (Å²) >= 11 is -2.28. The Kier molecular flexibility index (Phi) is 10.0. The van der Waals surface area contributed by atoms with Gasteiger partial charge in [0.15, 0.2) is 32.4 Å². The molecule has 0 amide bonds. The van der Waals surface area contributed by atoms with Crippen molar-refractivity contribution in [1.82, 2.24) is 0 Å². The van der Waals surface area contributed by atoms with Gasteiger partial charge >= 0.3 is 5.97 Å². The first-order valence-electron chi connectivity index (χ1n) is 14.0. The van der Waals surface area contributed by atoms with Crippen LogP contribution in [-0.2, 0) is 20.9 Å². The van der Waals surface area contributed by atoms with Crippen LogP contribution in [0.3, 0.4) is 0 Å². The lowest BCUT2D eigenvalue weighted by Crippen LogP contribution is -1.97. The Morgan fingerprint density at radius 3 is 1.88 bits per heavy atom.